The average molecular weight is 592 g/mol. The molecule has 3 N–H and O–H groups in total. The second-order valence-corrected chi connectivity index (χ2v) is 13.0. The lowest BCUT2D eigenvalue weighted by molar-refractivity contribution is -0.129. The second-order valence-electron chi connectivity index (χ2n) is 10.3. The van der Waals surface area contributed by atoms with Gasteiger partial charge in [0.25, 0.3) is 0 Å². The fourth-order valence-electron chi connectivity index (χ4n) is 5.12. The van der Waals surface area contributed by atoms with Gasteiger partial charge in [-0.2, -0.15) is 11.8 Å². The SMILES string of the molecule is C=C(CN1CCSCC1)C(=O)NC[C@@H](NC(=O)[C@H](Cc1nc2ccc(Cl)cc2s1)NC(=O)CC)C1CCCC1. The molecule has 1 aliphatic heterocycles. The number of benzene rings is 1. The first-order valence-electron chi connectivity index (χ1n) is 13.7. The van der Waals surface area contributed by atoms with E-state index in [1.807, 2.05) is 23.9 Å². The van der Waals surface area contributed by atoms with Crippen molar-refractivity contribution in [3.05, 3.63) is 40.4 Å². The zero-order chi connectivity index (χ0) is 27.8. The molecule has 2 heterocycles. The maximum atomic E-state index is 13.6. The van der Waals surface area contributed by atoms with Gasteiger partial charge in [0.05, 0.1) is 15.2 Å². The molecule has 1 saturated carbocycles. The van der Waals surface area contributed by atoms with E-state index in [1.165, 1.54) is 11.3 Å². The Bertz CT molecular complexity index is 1180. The van der Waals surface area contributed by atoms with Gasteiger partial charge in [-0.25, -0.2) is 4.98 Å². The normalized spacial score (nSPS) is 18.0. The van der Waals surface area contributed by atoms with Crippen molar-refractivity contribution in [2.45, 2.75) is 57.5 Å². The highest BCUT2D eigenvalue weighted by Gasteiger charge is 2.30. The van der Waals surface area contributed by atoms with E-state index < -0.39 is 6.04 Å². The van der Waals surface area contributed by atoms with E-state index in [0.29, 0.717) is 23.7 Å². The van der Waals surface area contributed by atoms with Crippen LogP contribution in [0.2, 0.25) is 5.02 Å². The van der Waals surface area contributed by atoms with Crippen LogP contribution in [0.5, 0.6) is 0 Å². The molecule has 3 amide bonds. The summed E-state index contributed by atoms with van der Waals surface area (Å²) in [6, 6.07) is 4.51. The molecule has 0 bridgehead atoms. The minimum absolute atomic E-state index is 0.172. The van der Waals surface area contributed by atoms with Crippen LogP contribution in [-0.2, 0) is 20.8 Å². The lowest BCUT2D eigenvalue weighted by Crippen LogP contribution is -2.55. The van der Waals surface area contributed by atoms with Crippen LogP contribution < -0.4 is 16.0 Å². The third kappa shape index (κ3) is 8.67. The zero-order valence-electron chi connectivity index (χ0n) is 22.5. The number of fused-ring (bicyclic) bond motifs is 1. The molecule has 0 radical (unpaired) electrons. The topological polar surface area (TPSA) is 103 Å². The van der Waals surface area contributed by atoms with E-state index in [2.05, 4.69) is 32.4 Å². The summed E-state index contributed by atoms with van der Waals surface area (Å²) in [6.07, 6.45) is 4.77. The van der Waals surface area contributed by atoms with Crippen molar-refractivity contribution in [1.82, 2.24) is 25.8 Å². The molecule has 0 spiro atoms. The van der Waals surface area contributed by atoms with E-state index in [1.54, 1.807) is 13.0 Å². The van der Waals surface area contributed by atoms with Gasteiger partial charge in [0.1, 0.15) is 6.04 Å². The Hall–Kier alpha value is -2.14. The van der Waals surface area contributed by atoms with Crippen LogP contribution in [0.4, 0.5) is 0 Å². The van der Waals surface area contributed by atoms with E-state index in [-0.39, 0.29) is 42.5 Å². The van der Waals surface area contributed by atoms with Crippen molar-refractivity contribution in [1.29, 1.82) is 0 Å². The van der Waals surface area contributed by atoms with Crippen molar-refractivity contribution < 1.29 is 14.4 Å². The summed E-state index contributed by atoms with van der Waals surface area (Å²) < 4.78 is 0.938. The number of hydrogen-bond donors (Lipinski definition) is 3. The number of carbonyl (C=O) groups is 3. The molecule has 0 unspecified atom stereocenters. The van der Waals surface area contributed by atoms with Gasteiger partial charge in [0, 0.05) is 67.2 Å². The summed E-state index contributed by atoms with van der Waals surface area (Å²) >= 11 is 9.53. The minimum Gasteiger partial charge on any atom is -0.350 e. The lowest BCUT2D eigenvalue weighted by Gasteiger charge is -2.29. The molecule has 1 saturated heterocycles. The largest absolute Gasteiger partial charge is 0.350 e. The number of nitrogens with one attached hydrogen (secondary N) is 3. The zero-order valence-corrected chi connectivity index (χ0v) is 24.9. The number of halogens is 1. The van der Waals surface area contributed by atoms with Gasteiger partial charge in [-0.1, -0.05) is 37.9 Å². The Labute approximate surface area is 243 Å². The molecule has 8 nitrogen and oxygen atoms in total. The molecule has 2 fully saturated rings. The van der Waals surface area contributed by atoms with Gasteiger partial charge in [0.2, 0.25) is 17.7 Å². The van der Waals surface area contributed by atoms with Crippen molar-refractivity contribution in [3.63, 3.8) is 0 Å². The van der Waals surface area contributed by atoms with Crippen LogP contribution in [0.3, 0.4) is 0 Å². The summed E-state index contributed by atoms with van der Waals surface area (Å²) in [6.45, 7) is 8.59. The summed E-state index contributed by atoms with van der Waals surface area (Å²) in [5.41, 5.74) is 1.36. The van der Waals surface area contributed by atoms with Crippen molar-refractivity contribution >= 4 is 62.6 Å². The molecule has 4 rings (SSSR count). The summed E-state index contributed by atoms with van der Waals surface area (Å²) in [5.74, 6) is 1.79. The van der Waals surface area contributed by atoms with Crippen molar-refractivity contribution in [3.8, 4) is 0 Å². The Morgan fingerprint density at radius 1 is 1.18 bits per heavy atom. The molecule has 2 aromatic rings. The fourth-order valence-corrected chi connectivity index (χ4v) is 7.39. The predicted molar refractivity (Wildman–Crippen MR) is 160 cm³/mol. The van der Waals surface area contributed by atoms with E-state index >= 15 is 0 Å². The molecule has 39 heavy (non-hydrogen) atoms. The van der Waals surface area contributed by atoms with E-state index in [0.717, 1.165) is 65.5 Å². The highest BCUT2D eigenvalue weighted by molar-refractivity contribution is 7.99. The Balaban J connectivity index is 1.41. The summed E-state index contributed by atoms with van der Waals surface area (Å²) in [5, 5.41) is 10.5. The first-order chi connectivity index (χ1) is 18.8. The number of nitrogens with zero attached hydrogens (tertiary/aromatic N) is 2. The van der Waals surface area contributed by atoms with Gasteiger partial charge >= 0.3 is 0 Å². The van der Waals surface area contributed by atoms with E-state index in [4.69, 9.17) is 11.6 Å². The number of thioether (sulfide) groups is 1. The Kier molecular flexibility index (Phi) is 11.1. The van der Waals surface area contributed by atoms with Crippen LogP contribution in [0.25, 0.3) is 10.2 Å². The number of hydrogen-bond acceptors (Lipinski definition) is 7. The number of rotatable bonds is 12. The Morgan fingerprint density at radius 2 is 1.92 bits per heavy atom. The maximum absolute atomic E-state index is 13.6. The van der Waals surface area contributed by atoms with Gasteiger partial charge in [0.15, 0.2) is 0 Å². The monoisotopic (exact) mass is 591 g/mol. The van der Waals surface area contributed by atoms with Crippen LogP contribution >= 0.6 is 34.7 Å². The first-order valence-corrected chi connectivity index (χ1v) is 16.1. The number of aromatic nitrogens is 1. The highest BCUT2D eigenvalue weighted by atomic mass is 35.5. The van der Waals surface area contributed by atoms with Crippen LogP contribution in [0.1, 0.15) is 44.0 Å². The predicted octanol–water partition coefficient (Wildman–Crippen LogP) is 3.78. The van der Waals surface area contributed by atoms with Gasteiger partial charge in [-0.15, -0.1) is 11.3 Å². The lowest BCUT2D eigenvalue weighted by atomic mass is 9.97. The number of thiazole rings is 1. The highest BCUT2D eigenvalue weighted by Crippen LogP contribution is 2.28. The molecule has 2 atom stereocenters. The van der Waals surface area contributed by atoms with Crippen LogP contribution in [0, 0.1) is 5.92 Å². The molecule has 1 aliphatic carbocycles. The molecular formula is C28H38ClN5O3S2. The van der Waals surface area contributed by atoms with Crippen LogP contribution in [0.15, 0.2) is 30.4 Å². The van der Waals surface area contributed by atoms with E-state index in [9.17, 15) is 14.4 Å². The standard InChI is InChI=1S/C28H38ClN5O3S2/c1-3-25(35)31-22(15-26-32-21-9-8-20(29)14-24(21)39-26)28(37)33-23(19-6-4-5-7-19)16-30-27(36)18(2)17-34-10-12-38-13-11-34/h8-9,14,19,22-23H,2-7,10-13,15-17H2,1H3,(H,30,36)(H,31,35)(H,33,37)/t22-,23+/m0/s1. The summed E-state index contributed by atoms with van der Waals surface area (Å²) in [7, 11) is 0. The fraction of sp³-hybridized carbons (Fsp3) is 0.571. The molecule has 1 aromatic carbocycles. The third-order valence-electron chi connectivity index (χ3n) is 7.36. The minimum atomic E-state index is -0.764. The van der Waals surface area contributed by atoms with Gasteiger partial charge in [-0.05, 0) is 37.0 Å². The third-order valence-corrected chi connectivity index (χ3v) is 9.58. The number of amides is 3. The maximum Gasteiger partial charge on any atom is 0.247 e. The smallest absolute Gasteiger partial charge is 0.247 e. The molecule has 2 aliphatic rings. The molecule has 11 heteroatoms. The summed E-state index contributed by atoms with van der Waals surface area (Å²) in [4.78, 5) is 45.7. The second kappa shape index (κ2) is 14.5. The van der Waals surface area contributed by atoms with Crippen molar-refractivity contribution in [2.24, 2.45) is 5.92 Å². The molecular weight excluding hydrogens is 554 g/mol. The molecule has 212 valence electrons. The first kappa shape index (κ1) is 29.8. The number of carbonyl (C=O) groups excluding carboxylic acids is 3. The van der Waals surface area contributed by atoms with Gasteiger partial charge < -0.3 is 16.0 Å². The van der Waals surface area contributed by atoms with Crippen molar-refractivity contribution in [2.75, 3.05) is 37.7 Å². The quantitative estimate of drug-likeness (QED) is 0.325. The average Bonchev–Trinajstić information content (AvgIpc) is 3.60. The van der Waals surface area contributed by atoms with Crippen LogP contribution in [-0.4, -0.2) is 77.4 Å². The molecule has 1 aromatic heterocycles. The van der Waals surface area contributed by atoms with Gasteiger partial charge in [-0.3, -0.25) is 19.3 Å². The Morgan fingerprint density at radius 3 is 2.64 bits per heavy atom.